The molecule has 0 spiro atoms. The molecule has 62 valence electrons. The Morgan fingerprint density at radius 1 is 1.50 bits per heavy atom. The molecule has 3 heteroatoms. The van der Waals surface area contributed by atoms with E-state index in [1.807, 2.05) is 0 Å². The van der Waals surface area contributed by atoms with Gasteiger partial charge in [0.25, 0.3) is 0 Å². The first kappa shape index (κ1) is 8.94. The van der Waals surface area contributed by atoms with E-state index < -0.39 is 0 Å². The molecular weight excluding hydrogens is 176 g/mol. The summed E-state index contributed by atoms with van der Waals surface area (Å²) in [5, 5.41) is 0.383. The molecule has 0 amide bonds. The molecule has 0 radical (unpaired) electrons. The predicted octanol–water partition coefficient (Wildman–Crippen LogP) is 2.36. The summed E-state index contributed by atoms with van der Waals surface area (Å²) >= 11 is 5.71. The zero-order chi connectivity index (χ0) is 9.14. The summed E-state index contributed by atoms with van der Waals surface area (Å²) in [6.07, 6.45) is 0.683. The van der Waals surface area contributed by atoms with Crippen molar-refractivity contribution in [2.75, 3.05) is 0 Å². The van der Waals surface area contributed by atoms with E-state index >= 15 is 0 Å². The van der Waals surface area contributed by atoms with Gasteiger partial charge in [0.05, 0.1) is 5.02 Å². The van der Waals surface area contributed by atoms with Gasteiger partial charge in [0, 0.05) is 11.1 Å². The first-order valence-corrected chi connectivity index (χ1v) is 3.78. The van der Waals surface area contributed by atoms with Gasteiger partial charge in [0.1, 0.15) is 6.29 Å². The first-order chi connectivity index (χ1) is 5.65. The highest BCUT2D eigenvalue weighted by atomic mass is 35.5. The van der Waals surface area contributed by atoms with E-state index in [1.54, 1.807) is 12.1 Å². The summed E-state index contributed by atoms with van der Waals surface area (Å²) in [5.74, 6) is -0.135. The third-order valence-electron chi connectivity index (χ3n) is 1.51. The highest BCUT2D eigenvalue weighted by molar-refractivity contribution is 6.34. The fraction of sp³-hybridized carbons (Fsp3) is 0.111. The predicted molar refractivity (Wildman–Crippen MR) is 46.8 cm³/mol. The highest BCUT2D eigenvalue weighted by Crippen LogP contribution is 2.17. The normalized spacial score (nSPS) is 9.50. The minimum Gasteiger partial charge on any atom is -0.298 e. The van der Waals surface area contributed by atoms with Crippen LogP contribution in [0.2, 0.25) is 5.02 Å². The van der Waals surface area contributed by atoms with E-state index in [0.29, 0.717) is 22.4 Å². The van der Waals surface area contributed by atoms with E-state index in [4.69, 9.17) is 11.6 Å². The molecular formula is C9H7ClO2. The van der Waals surface area contributed by atoms with Crippen molar-refractivity contribution in [3.8, 4) is 0 Å². The molecule has 0 aromatic heterocycles. The van der Waals surface area contributed by atoms with Crippen molar-refractivity contribution in [3.05, 3.63) is 34.3 Å². The summed E-state index contributed by atoms with van der Waals surface area (Å²) in [7, 11) is 0. The number of ketones is 1. The number of carbonyl (C=O) groups is 2. The Morgan fingerprint density at radius 2 is 2.17 bits per heavy atom. The summed E-state index contributed by atoms with van der Waals surface area (Å²) in [5.41, 5.74) is 0.853. The summed E-state index contributed by atoms with van der Waals surface area (Å²) in [6.45, 7) is 1.41. The average Bonchev–Trinajstić information content (AvgIpc) is 2.05. The number of benzene rings is 1. The zero-order valence-electron chi connectivity index (χ0n) is 6.50. The second kappa shape index (κ2) is 3.50. The van der Waals surface area contributed by atoms with Crippen LogP contribution in [-0.4, -0.2) is 12.1 Å². The zero-order valence-corrected chi connectivity index (χ0v) is 7.26. The Balaban J connectivity index is 3.25. The van der Waals surface area contributed by atoms with Gasteiger partial charge in [0.2, 0.25) is 0 Å². The van der Waals surface area contributed by atoms with Crippen molar-refractivity contribution >= 4 is 23.7 Å². The molecule has 12 heavy (non-hydrogen) atoms. The van der Waals surface area contributed by atoms with E-state index in [2.05, 4.69) is 0 Å². The van der Waals surface area contributed by atoms with Gasteiger partial charge in [-0.15, -0.1) is 0 Å². The van der Waals surface area contributed by atoms with Crippen molar-refractivity contribution in [3.63, 3.8) is 0 Å². The molecule has 0 saturated heterocycles. The summed E-state index contributed by atoms with van der Waals surface area (Å²) in [4.78, 5) is 21.3. The Labute approximate surface area is 75.2 Å². The van der Waals surface area contributed by atoms with Crippen LogP contribution in [0.4, 0.5) is 0 Å². The van der Waals surface area contributed by atoms with Gasteiger partial charge in [-0.25, -0.2) is 0 Å². The molecule has 0 aliphatic heterocycles. The molecule has 0 aliphatic rings. The topological polar surface area (TPSA) is 34.1 Å². The van der Waals surface area contributed by atoms with Crippen LogP contribution in [0.1, 0.15) is 27.6 Å². The second-order valence-electron chi connectivity index (χ2n) is 2.41. The number of rotatable bonds is 2. The average molecular weight is 183 g/mol. The highest BCUT2D eigenvalue weighted by Gasteiger charge is 2.05. The van der Waals surface area contributed by atoms with Crippen molar-refractivity contribution < 1.29 is 9.59 Å². The van der Waals surface area contributed by atoms with Gasteiger partial charge in [-0.2, -0.15) is 0 Å². The van der Waals surface area contributed by atoms with Crippen molar-refractivity contribution in [2.45, 2.75) is 6.92 Å². The van der Waals surface area contributed by atoms with Crippen LogP contribution in [0, 0.1) is 0 Å². The molecule has 0 aliphatic carbocycles. The van der Waals surface area contributed by atoms with E-state index in [9.17, 15) is 9.59 Å². The number of Topliss-reactive ketones (excluding diaryl/α,β-unsaturated/α-hetero) is 1. The number of hydrogen-bond acceptors (Lipinski definition) is 2. The summed E-state index contributed by atoms with van der Waals surface area (Å²) < 4.78 is 0. The number of carbonyl (C=O) groups excluding carboxylic acids is 2. The maximum absolute atomic E-state index is 10.9. The third-order valence-corrected chi connectivity index (χ3v) is 1.84. The van der Waals surface area contributed by atoms with Gasteiger partial charge >= 0.3 is 0 Å². The Morgan fingerprint density at radius 3 is 2.67 bits per heavy atom. The van der Waals surface area contributed by atoms with E-state index in [0.717, 1.165) is 0 Å². The van der Waals surface area contributed by atoms with E-state index in [-0.39, 0.29) is 5.78 Å². The minimum atomic E-state index is -0.135. The van der Waals surface area contributed by atoms with Gasteiger partial charge in [-0.1, -0.05) is 17.7 Å². The SMILES string of the molecule is CC(=O)c1cc(C=O)ccc1Cl. The fourth-order valence-corrected chi connectivity index (χ4v) is 1.14. The Hall–Kier alpha value is -1.15. The van der Waals surface area contributed by atoms with E-state index in [1.165, 1.54) is 13.0 Å². The van der Waals surface area contributed by atoms with Crippen LogP contribution in [-0.2, 0) is 0 Å². The lowest BCUT2D eigenvalue weighted by atomic mass is 10.1. The molecule has 2 nitrogen and oxygen atoms in total. The Kier molecular flexibility index (Phi) is 2.61. The lowest BCUT2D eigenvalue weighted by molar-refractivity contribution is 0.101. The van der Waals surface area contributed by atoms with Crippen molar-refractivity contribution in [2.24, 2.45) is 0 Å². The van der Waals surface area contributed by atoms with Crippen LogP contribution in [0.5, 0.6) is 0 Å². The summed E-state index contributed by atoms with van der Waals surface area (Å²) in [6, 6.07) is 4.60. The van der Waals surface area contributed by atoms with Crippen LogP contribution in [0.25, 0.3) is 0 Å². The molecule has 1 rings (SSSR count). The van der Waals surface area contributed by atoms with Crippen LogP contribution in [0.15, 0.2) is 18.2 Å². The third kappa shape index (κ3) is 1.71. The number of halogens is 1. The van der Waals surface area contributed by atoms with Gasteiger partial charge in [-0.05, 0) is 19.1 Å². The molecule has 0 saturated carbocycles. The van der Waals surface area contributed by atoms with Crippen molar-refractivity contribution in [1.82, 2.24) is 0 Å². The Bertz CT molecular complexity index is 331. The maximum atomic E-state index is 10.9. The largest absolute Gasteiger partial charge is 0.298 e. The molecule has 0 unspecified atom stereocenters. The molecule has 0 bridgehead atoms. The van der Waals surface area contributed by atoms with Crippen LogP contribution >= 0.6 is 11.6 Å². The number of aldehydes is 1. The van der Waals surface area contributed by atoms with Crippen LogP contribution < -0.4 is 0 Å². The second-order valence-corrected chi connectivity index (χ2v) is 2.82. The molecule has 0 fully saturated rings. The molecule has 1 aromatic carbocycles. The monoisotopic (exact) mass is 182 g/mol. The standard InChI is InChI=1S/C9H7ClO2/c1-6(12)8-4-7(5-11)2-3-9(8)10/h2-5H,1H3. The minimum absolute atomic E-state index is 0.135. The quantitative estimate of drug-likeness (QED) is 0.520. The number of hydrogen-bond donors (Lipinski definition) is 0. The molecule has 0 N–H and O–H groups in total. The lowest BCUT2D eigenvalue weighted by Crippen LogP contribution is -1.94. The molecule has 0 atom stereocenters. The lowest BCUT2D eigenvalue weighted by Gasteiger charge is -1.99. The fourth-order valence-electron chi connectivity index (χ4n) is 0.886. The van der Waals surface area contributed by atoms with Crippen molar-refractivity contribution in [1.29, 1.82) is 0 Å². The smallest absolute Gasteiger partial charge is 0.161 e. The van der Waals surface area contributed by atoms with Crippen LogP contribution in [0.3, 0.4) is 0 Å². The molecule has 1 aromatic rings. The molecule has 0 heterocycles. The van der Waals surface area contributed by atoms with Gasteiger partial charge < -0.3 is 0 Å². The maximum Gasteiger partial charge on any atom is 0.161 e. The van der Waals surface area contributed by atoms with Gasteiger partial charge in [-0.3, -0.25) is 9.59 Å². The first-order valence-electron chi connectivity index (χ1n) is 3.41. The van der Waals surface area contributed by atoms with Gasteiger partial charge in [0.15, 0.2) is 5.78 Å².